The Hall–Kier alpha value is -2.01. The van der Waals surface area contributed by atoms with Crippen LogP contribution in [-0.4, -0.2) is 23.6 Å². The fourth-order valence-corrected chi connectivity index (χ4v) is 3.74. The van der Waals surface area contributed by atoms with Gasteiger partial charge in [-0.1, -0.05) is 56.1 Å². The minimum absolute atomic E-state index is 0.0767. The van der Waals surface area contributed by atoms with Crippen LogP contribution in [0.25, 0.3) is 10.9 Å². The molecule has 0 unspecified atom stereocenters. The Balaban J connectivity index is 1.84. The number of nitrogens with one attached hydrogen (secondary N) is 2. The fraction of sp³-hybridized carbons (Fsp3) is 0.348. The molecule has 0 aliphatic carbocycles. The van der Waals surface area contributed by atoms with Crippen LogP contribution in [0.4, 0.5) is 5.69 Å². The van der Waals surface area contributed by atoms with Crippen LogP contribution < -0.4 is 10.6 Å². The van der Waals surface area contributed by atoms with Crippen molar-refractivity contribution >= 4 is 45.7 Å². The number of fused-ring (bicyclic) bond motifs is 1. The lowest BCUT2D eigenvalue weighted by Crippen LogP contribution is -2.18. The van der Waals surface area contributed by atoms with Gasteiger partial charge < -0.3 is 15.2 Å². The van der Waals surface area contributed by atoms with Crippen molar-refractivity contribution in [2.24, 2.45) is 0 Å². The van der Waals surface area contributed by atoms with E-state index in [1.807, 2.05) is 41.1 Å². The van der Waals surface area contributed by atoms with E-state index in [4.69, 9.17) is 23.2 Å². The third-order valence-electron chi connectivity index (χ3n) is 4.98. The van der Waals surface area contributed by atoms with Gasteiger partial charge in [-0.2, -0.15) is 0 Å². The Kier molecular flexibility index (Phi) is 7.23. The van der Waals surface area contributed by atoms with E-state index in [9.17, 15) is 4.79 Å². The van der Waals surface area contributed by atoms with Crippen LogP contribution in [0.1, 0.15) is 37.8 Å². The number of aromatic nitrogens is 1. The number of nitrogens with zero attached hydrogens (tertiary/aromatic N) is 1. The first-order chi connectivity index (χ1) is 13.9. The van der Waals surface area contributed by atoms with E-state index >= 15 is 0 Å². The lowest BCUT2D eigenvalue weighted by Gasteiger charge is -2.11. The first kappa shape index (κ1) is 21.7. The number of likely N-dealkylation sites (N-methyl/N-ethyl adjacent to an activating group) is 1. The van der Waals surface area contributed by atoms with Crippen molar-refractivity contribution in [2.45, 2.75) is 39.7 Å². The number of anilines is 1. The van der Waals surface area contributed by atoms with Crippen LogP contribution >= 0.6 is 23.2 Å². The van der Waals surface area contributed by atoms with Crippen molar-refractivity contribution in [1.29, 1.82) is 0 Å². The predicted octanol–water partition coefficient (Wildman–Crippen LogP) is 5.86. The van der Waals surface area contributed by atoms with E-state index in [0.717, 1.165) is 41.7 Å². The summed E-state index contributed by atoms with van der Waals surface area (Å²) in [5.74, 6) is 0.332. The highest BCUT2D eigenvalue weighted by atomic mass is 35.5. The second-order valence-electron chi connectivity index (χ2n) is 7.50. The molecule has 0 saturated carbocycles. The molecular weight excluding hydrogens is 405 g/mol. The molecule has 3 rings (SSSR count). The minimum Gasteiger partial charge on any atom is -0.338 e. The molecule has 0 aliphatic heterocycles. The summed E-state index contributed by atoms with van der Waals surface area (Å²) in [6.45, 7) is 8.35. The summed E-state index contributed by atoms with van der Waals surface area (Å²) in [5, 5.41) is 8.39. The Morgan fingerprint density at radius 1 is 1.14 bits per heavy atom. The summed E-state index contributed by atoms with van der Waals surface area (Å²) in [4.78, 5) is 12.7. The molecule has 0 spiro atoms. The third-order valence-corrected chi connectivity index (χ3v) is 5.70. The molecule has 0 bridgehead atoms. The number of rotatable bonds is 8. The fourth-order valence-electron chi connectivity index (χ4n) is 3.42. The smallest absolute Gasteiger partial charge is 0.244 e. The molecule has 1 aromatic heterocycles. The Morgan fingerprint density at radius 2 is 1.90 bits per heavy atom. The highest BCUT2D eigenvalue weighted by molar-refractivity contribution is 6.42. The van der Waals surface area contributed by atoms with Crippen LogP contribution in [0.3, 0.4) is 0 Å². The van der Waals surface area contributed by atoms with Gasteiger partial charge >= 0.3 is 0 Å². The van der Waals surface area contributed by atoms with Gasteiger partial charge in [-0.15, -0.1) is 0 Å². The molecule has 0 aliphatic rings. The van der Waals surface area contributed by atoms with E-state index in [2.05, 4.69) is 37.5 Å². The number of benzene rings is 2. The van der Waals surface area contributed by atoms with Crippen LogP contribution in [0.15, 0.2) is 42.6 Å². The molecule has 2 N–H and O–H groups in total. The van der Waals surface area contributed by atoms with E-state index in [1.54, 1.807) is 0 Å². The summed E-state index contributed by atoms with van der Waals surface area (Å²) in [5.41, 5.74) is 4.07. The molecule has 0 atom stereocenters. The van der Waals surface area contributed by atoms with E-state index in [1.165, 1.54) is 5.56 Å². The van der Waals surface area contributed by atoms with Gasteiger partial charge in [0.2, 0.25) is 5.91 Å². The molecule has 2 aromatic carbocycles. The van der Waals surface area contributed by atoms with E-state index in [0.29, 0.717) is 16.0 Å². The average molecular weight is 432 g/mol. The summed E-state index contributed by atoms with van der Waals surface area (Å²) in [6.07, 6.45) is 2.88. The number of carbonyl (C=O) groups is 1. The second-order valence-corrected chi connectivity index (χ2v) is 8.31. The molecule has 1 amide bonds. The number of hydrogen-bond donors (Lipinski definition) is 2. The highest BCUT2D eigenvalue weighted by Crippen LogP contribution is 2.31. The number of halogens is 2. The number of amides is 1. The number of carbonyl (C=O) groups excluding carboxylic acids is 1. The predicted molar refractivity (Wildman–Crippen MR) is 123 cm³/mol. The van der Waals surface area contributed by atoms with Gasteiger partial charge in [-0.25, -0.2) is 0 Å². The van der Waals surface area contributed by atoms with Crippen LogP contribution in [-0.2, 0) is 17.8 Å². The van der Waals surface area contributed by atoms with Crippen molar-refractivity contribution < 1.29 is 4.79 Å². The first-order valence-electron chi connectivity index (χ1n) is 9.96. The lowest BCUT2D eigenvalue weighted by atomic mass is 10.0. The third kappa shape index (κ3) is 5.33. The topological polar surface area (TPSA) is 46.1 Å². The zero-order valence-electron chi connectivity index (χ0n) is 17.1. The van der Waals surface area contributed by atoms with Crippen LogP contribution in [0.5, 0.6) is 0 Å². The van der Waals surface area contributed by atoms with Gasteiger partial charge in [0, 0.05) is 17.3 Å². The molecule has 0 saturated heterocycles. The van der Waals surface area contributed by atoms with Crippen molar-refractivity contribution in [3.63, 3.8) is 0 Å². The average Bonchev–Trinajstić information content (AvgIpc) is 2.99. The van der Waals surface area contributed by atoms with Crippen molar-refractivity contribution in [3.05, 3.63) is 63.8 Å². The first-order valence-corrected chi connectivity index (χ1v) is 10.7. The summed E-state index contributed by atoms with van der Waals surface area (Å²) in [6, 6.07) is 11.7. The van der Waals surface area contributed by atoms with E-state index in [-0.39, 0.29) is 12.5 Å². The van der Waals surface area contributed by atoms with Crippen molar-refractivity contribution in [1.82, 2.24) is 9.88 Å². The Labute approximate surface area is 182 Å². The molecule has 6 heteroatoms. The summed E-state index contributed by atoms with van der Waals surface area (Å²) < 4.78 is 1.94. The molecule has 0 fully saturated rings. The Bertz CT molecular complexity index is 1010. The molecule has 154 valence electrons. The maximum absolute atomic E-state index is 12.7. The van der Waals surface area contributed by atoms with Crippen molar-refractivity contribution in [3.8, 4) is 0 Å². The Morgan fingerprint density at radius 3 is 2.62 bits per heavy atom. The molecule has 29 heavy (non-hydrogen) atoms. The molecule has 1 heterocycles. The van der Waals surface area contributed by atoms with Gasteiger partial charge in [-0.05, 0) is 60.8 Å². The minimum atomic E-state index is -0.0767. The van der Waals surface area contributed by atoms with Gasteiger partial charge in [0.25, 0.3) is 0 Å². The van der Waals surface area contributed by atoms with Gasteiger partial charge in [0.15, 0.2) is 0 Å². The van der Waals surface area contributed by atoms with Crippen molar-refractivity contribution in [2.75, 3.05) is 18.4 Å². The number of hydrogen-bond acceptors (Lipinski definition) is 2. The molecular formula is C23H27Cl2N3O. The van der Waals surface area contributed by atoms with Gasteiger partial charge in [-0.3, -0.25) is 4.79 Å². The summed E-state index contributed by atoms with van der Waals surface area (Å²) >= 11 is 12.5. The quantitative estimate of drug-likeness (QED) is 0.438. The molecule has 0 radical (unpaired) electrons. The largest absolute Gasteiger partial charge is 0.338 e. The zero-order chi connectivity index (χ0) is 21.0. The maximum Gasteiger partial charge on any atom is 0.244 e. The standard InChI is InChI=1S/C23H27Cl2N3O/c1-4-26-9-8-17-13-28(22-12-21(25)20(24)11-19(17)22)14-23(29)27-18-7-5-6-16(10-18)15(2)3/h5-7,10-13,15,26H,4,8-9,14H2,1-3H3,(H,27,29). The SMILES string of the molecule is CCNCCc1cn(CC(=O)Nc2cccc(C(C)C)c2)c2cc(Cl)c(Cl)cc12. The molecule has 4 nitrogen and oxygen atoms in total. The maximum atomic E-state index is 12.7. The normalized spacial score (nSPS) is 11.4. The lowest BCUT2D eigenvalue weighted by molar-refractivity contribution is -0.116. The van der Waals surface area contributed by atoms with E-state index < -0.39 is 0 Å². The zero-order valence-corrected chi connectivity index (χ0v) is 18.6. The highest BCUT2D eigenvalue weighted by Gasteiger charge is 2.14. The monoisotopic (exact) mass is 431 g/mol. The van der Waals surface area contributed by atoms with Crippen LogP contribution in [0.2, 0.25) is 10.0 Å². The van der Waals surface area contributed by atoms with Gasteiger partial charge in [0.1, 0.15) is 6.54 Å². The van der Waals surface area contributed by atoms with Crippen LogP contribution in [0, 0.1) is 0 Å². The summed E-state index contributed by atoms with van der Waals surface area (Å²) in [7, 11) is 0. The second kappa shape index (κ2) is 9.66. The molecule has 3 aromatic rings. The van der Waals surface area contributed by atoms with Gasteiger partial charge in [0.05, 0.1) is 15.6 Å².